The summed E-state index contributed by atoms with van der Waals surface area (Å²) in [5.74, 6) is 0. The summed E-state index contributed by atoms with van der Waals surface area (Å²) in [6, 6.07) is 4.45. The smallest absolute Gasteiger partial charge is 0.328 e. The fourth-order valence-electron chi connectivity index (χ4n) is 2.65. The Kier molecular flexibility index (Phi) is 5.09. The molecule has 112 valence electrons. The van der Waals surface area contributed by atoms with E-state index in [1.165, 1.54) is 12.1 Å². The number of hydrogen-bond acceptors (Lipinski definition) is 2. The molecule has 20 heavy (non-hydrogen) atoms. The van der Waals surface area contributed by atoms with Gasteiger partial charge in [0.1, 0.15) is 6.04 Å². The van der Waals surface area contributed by atoms with Crippen LogP contribution in [-0.4, -0.2) is 18.3 Å². The number of rotatable bonds is 3. The Balaban J connectivity index is 2.14. The topological polar surface area (TPSA) is 38.0 Å². The Morgan fingerprint density at radius 1 is 1.20 bits per heavy atom. The lowest BCUT2D eigenvalue weighted by Crippen LogP contribution is -2.45. The SMILES string of the molecule is N[C@@H]1CCC[C@H](N[C@H](c2ccc(Br)cc2)C(F)(F)F)C1. The molecule has 1 fully saturated rings. The van der Waals surface area contributed by atoms with Crippen molar-refractivity contribution < 1.29 is 13.2 Å². The van der Waals surface area contributed by atoms with E-state index in [1.807, 2.05) is 0 Å². The van der Waals surface area contributed by atoms with Crippen LogP contribution < -0.4 is 11.1 Å². The van der Waals surface area contributed by atoms with Crippen molar-refractivity contribution in [2.75, 3.05) is 0 Å². The molecule has 3 atom stereocenters. The highest BCUT2D eigenvalue weighted by Crippen LogP contribution is 2.34. The molecule has 0 bridgehead atoms. The van der Waals surface area contributed by atoms with Crippen molar-refractivity contribution in [1.82, 2.24) is 5.32 Å². The van der Waals surface area contributed by atoms with E-state index in [1.54, 1.807) is 12.1 Å². The number of hydrogen-bond donors (Lipinski definition) is 2. The van der Waals surface area contributed by atoms with Crippen molar-refractivity contribution in [1.29, 1.82) is 0 Å². The van der Waals surface area contributed by atoms with Crippen molar-refractivity contribution >= 4 is 15.9 Å². The molecular formula is C14H18BrF3N2. The van der Waals surface area contributed by atoms with E-state index in [2.05, 4.69) is 21.2 Å². The zero-order chi connectivity index (χ0) is 14.8. The van der Waals surface area contributed by atoms with Crippen molar-refractivity contribution in [3.8, 4) is 0 Å². The molecule has 0 spiro atoms. The Bertz CT molecular complexity index is 433. The molecule has 0 radical (unpaired) electrons. The minimum atomic E-state index is -4.31. The van der Waals surface area contributed by atoms with E-state index in [0.717, 1.165) is 23.7 Å². The van der Waals surface area contributed by atoms with Gasteiger partial charge in [0.25, 0.3) is 0 Å². The molecule has 2 rings (SSSR count). The van der Waals surface area contributed by atoms with Crippen molar-refractivity contribution in [3.05, 3.63) is 34.3 Å². The Morgan fingerprint density at radius 3 is 2.40 bits per heavy atom. The fraction of sp³-hybridized carbons (Fsp3) is 0.571. The fourth-order valence-corrected chi connectivity index (χ4v) is 2.91. The maximum atomic E-state index is 13.3. The van der Waals surface area contributed by atoms with Crippen molar-refractivity contribution in [2.24, 2.45) is 5.73 Å². The molecule has 1 aromatic carbocycles. The molecule has 0 saturated heterocycles. The molecule has 6 heteroatoms. The standard InChI is InChI=1S/C14H18BrF3N2/c15-10-6-4-9(5-7-10)13(14(16,17)18)20-12-3-1-2-11(19)8-12/h4-7,11-13,20H,1-3,8,19H2/t11-,12+,13-/m1/s1. The first kappa shape index (κ1) is 15.8. The molecule has 1 aliphatic carbocycles. The minimum Gasteiger partial charge on any atom is -0.328 e. The first-order valence-corrected chi connectivity index (χ1v) is 7.49. The monoisotopic (exact) mass is 350 g/mol. The molecule has 1 aliphatic rings. The maximum absolute atomic E-state index is 13.3. The van der Waals surface area contributed by atoms with Crippen LogP contribution in [0.2, 0.25) is 0 Å². The third kappa shape index (κ3) is 4.20. The van der Waals surface area contributed by atoms with Crippen LogP contribution in [0.25, 0.3) is 0 Å². The zero-order valence-corrected chi connectivity index (χ0v) is 12.5. The van der Waals surface area contributed by atoms with Gasteiger partial charge in [0.05, 0.1) is 0 Å². The van der Waals surface area contributed by atoms with Gasteiger partial charge in [-0.2, -0.15) is 13.2 Å². The highest BCUT2D eigenvalue weighted by atomic mass is 79.9. The van der Waals surface area contributed by atoms with E-state index in [9.17, 15) is 13.2 Å². The summed E-state index contributed by atoms with van der Waals surface area (Å²) < 4.78 is 40.5. The van der Waals surface area contributed by atoms with Crippen LogP contribution in [0.1, 0.15) is 37.3 Å². The van der Waals surface area contributed by atoms with Gasteiger partial charge in [0.2, 0.25) is 0 Å². The van der Waals surface area contributed by atoms with Gasteiger partial charge in [-0.15, -0.1) is 0 Å². The second-order valence-electron chi connectivity index (χ2n) is 5.32. The molecule has 0 aromatic heterocycles. The van der Waals surface area contributed by atoms with E-state index < -0.39 is 12.2 Å². The summed E-state index contributed by atoms with van der Waals surface area (Å²) >= 11 is 3.23. The molecular weight excluding hydrogens is 333 g/mol. The van der Waals surface area contributed by atoms with Crippen LogP contribution in [0.3, 0.4) is 0 Å². The molecule has 0 heterocycles. The lowest BCUT2D eigenvalue weighted by molar-refractivity contribution is -0.160. The third-order valence-corrected chi connectivity index (χ3v) is 4.18. The largest absolute Gasteiger partial charge is 0.407 e. The number of alkyl halides is 3. The number of benzene rings is 1. The van der Waals surface area contributed by atoms with Crippen molar-refractivity contribution in [2.45, 2.75) is 50.0 Å². The molecule has 0 amide bonds. The molecule has 0 aliphatic heterocycles. The van der Waals surface area contributed by atoms with E-state index in [4.69, 9.17) is 5.73 Å². The molecule has 1 aromatic rings. The predicted octanol–water partition coefficient (Wildman–Crippen LogP) is 3.91. The van der Waals surface area contributed by atoms with Crippen LogP contribution in [0, 0.1) is 0 Å². The van der Waals surface area contributed by atoms with Crippen LogP contribution >= 0.6 is 15.9 Å². The summed E-state index contributed by atoms with van der Waals surface area (Å²) in [6.07, 6.45) is -1.19. The minimum absolute atomic E-state index is 0.0000477. The van der Waals surface area contributed by atoms with Gasteiger partial charge in [0, 0.05) is 16.6 Å². The lowest BCUT2D eigenvalue weighted by atomic mass is 9.90. The van der Waals surface area contributed by atoms with Crippen LogP contribution in [-0.2, 0) is 0 Å². The normalized spacial score (nSPS) is 25.4. The number of halogens is 4. The zero-order valence-electron chi connectivity index (χ0n) is 11.0. The lowest BCUT2D eigenvalue weighted by Gasteiger charge is -2.32. The maximum Gasteiger partial charge on any atom is 0.407 e. The van der Waals surface area contributed by atoms with Gasteiger partial charge in [0.15, 0.2) is 0 Å². The second-order valence-corrected chi connectivity index (χ2v) is 6.23. The van der Waals surface area contributed by atoms with Gasteiger partial charge in [-0.05, 0) is 37.0 Å². The van der Waals surface area contributed by atoms with E-state index in [-0.39, 0.29) is 17.6 Å². The van der Waals surface area contributed by atoms with E-state index in [0.29, 0.717) is 6.42 Å². The van der Waals surface area contributed by atoms with Gasteiger partial charge < -0.3 is 5.73 Å². The Hall–Kier alpha value is -0.590. The average Bonchev–Trinajstić information content (AvgIpc) is 2.36. The second kappa shape index (κ2) is 6.45. The highest BCUT2D eigenvalue weighted by Gasteiger charge is 2.42. The molecule has 1 saturated carbocycles. The molecule has 0 unspecified atom stereocenters. The van der Waals surface area contributed by atoms with Gasteiger partial charge in [-0.3, -0.25) is 5.32 Å². The summed E-state index contributed by atoms with van der Waals surface area (Å²) in [4.78, 5) is 0. The summed E-state index contributed by atoms with van der Waals surface area (Å²) in [7, 11) is 0. The highest BCUT2D eigenvalue weighted by molar-refractivity contribution is 9.10. The molecule has 2 nitrogen and oxygen atoms in total. The van der Waals surface area contributed by atoms with Crippen molar-refractivity contribution in [3.63, 3.8) is 0 Å². The summed E-state index contributed by atoms with van der Waals surface area (Å²) in [6.45, 7) is 0. The Morgan fingerprint density at radius 2 is 1.85 bits per heavy atom. The van der Waals surface area contributed by atoms with Crippen LogP contribution in [0.4, 0.5) is 13.2 Å². The quantitative estimate of drug-likeness (QED) is 0.867. The Labute approximate surface area is 125 Å². The van der Waals surface area contributed by atoms with Gasteiger partial charge in [-0.25, -0.2) is 0 Å². The predicted molar refractivity (Wildman–Crippen MR) is 76.3 cm³/mol. The van der Waals surface area contributed by atoms with Gasteiger partial charge >= 0.3 is 6.18 Å². The first-order valence-electron chi connectivity index (χ1n) is 6.70. The summed E-state index contributed by atoms with van der Waals surface area (Å²) in [5.41, 5.74) is 6.08. The van der Waals surface area contributed by atoms with Crippen LogP contribution in [0.15, 0.2) is 28.7 Å². The molecule has 3 N–H and O–H groups in total. The van der Waals surface area contributed by atoms with E-state index >= 15 is 0 Å². The number of nitrogens with two attached hydrogens (primary N) is 1. The first-order chi connectivity index (χ1) is 9.36. The van der Waals surface area contributed by atoms with Gasteiger partial charge in [-0.1, -0.05) is 34.5 Å². The third-order valence-electron chi connectivity index (χ3n) is 3.65. The number of nitrogens with one attached hydrogen (secondary N) is 1. The summed E-state index contributed by atoms with van der Waals surface area (Å²) in [5, 5.41) is 2.74. The van der Waals surface area contributed by atoms with Crippen LogP contribution in [0.5, 0.6) is 0 Å². The average molecular weight is 351 g/mol.